The Balaban J connectivity index is 2.53. The monoisotopic (exact) mass is 152 g/mol. The van der Waals surface area contributed by atoms with Crippen LogP contribution in [0.15, 0.2) is 0 Å². The van der Waals surface area contributed by atoms with E-state index in [9.17, 15) is 0 Å². The van der Waals surface area contributed by atoms with E-state index in [1.807, 2.05) is 11.8 Å². The zero-order valence-corrected chi connectivity index (χ0v) is 6.89. The van der Waals surface area contributed by atoms with Crippen molar-refractivity contribution in [2.75, 3.05) is 11.0 Å². The van der Waals surface area contributed by atoms with Gasteiger partial charge in [0, 0.05) is 0 Å². The van der Waals surface area contributed by atoms with Crippen molar-refractivity contribution >= 4 is 23.4 Å². The molecule has 0 fully saturated rings. The maximum atomic E-state index is 5.44. The van der Waals surface area contributed by atoms with E-state index in [1.54, 1.807) is 0 Å². The maximum absolute atomic E-state index is 5.44. The van der Waals surface area contributed by atoms with Gasteiger partial charge in [0.15, 0.2) is 0 Å². The number of unbranched alkanes of at least 4 members (excludes halogenated alkanes) is 2. The molecule has 0 bridgehead atoms. The molecule has 0 aromatic heterocycles. The molecule has 0 amide bonds. The predicted octanol–water partition coefficient (Wildman–Crippen LogP) is 3.11. The predicted molar refractivity (Wildman–Crippen MR) is 42.7 cm³/mol. The van der Waals surface area contributed by atoms with Crippen molar-refractivity contribution < 1.29 is 0 Å². The molecule has 8 heavy (non-hydrogen) atoms. The number of thioether (sulfide) groups is 1. The molecule has 0 rings (SSSR count). The van der Waals surface area contributed by atoms with Crippen LogP contribution in [0.5, 0.6) is 0 Å². The minimum Gasteiger partial charge on any atom is -0.146 e. The number of halogens is 1. The summed E-state index contributed by atoms with van der Waals surface area (Å²) >= 11 is 7.26. The summed E-state index contributed by atoms with van der Waals surface area (Å²) in [5.41, 5.74) is 0. The second-order valence-electron chi connectivity index (χ2n) is 1.72. The number of hydrogen-bond donors (Lipinski definition) is 0. The molecule has 0 aromatic rings. The van der Waals surface area contributed by atoms with Gasteiger partial charge in [0.25, 0.3) is 0 Å². The lowest BCUT2D eigenvalue weighted by Crippen LogP contribution is -1.77. The summed E-state index contributed by atoms with van der Waals surface area (Å²) in [6.07, 6.45) is 3.99. The third-order valence-electron chi connectivity index (χ3n) is 0.969. The Labute approximate surface area is 61.0 Å². The van der Waals surface area contributed by atoms with Gasteiger partial charge < -0.3 is 0 Å². The Morgan fingerprint density at radius 1 is 1.38 bits per heavy atom. The van der Waals surface area contributed by atoms with Gasteiger partial charge in [0.1, 0.15) is 0 Å². The molecule has 0 aliphatic carbocycles. The molecule has 0 saturated carbocycles. The van der Waals surface area contributed by atoms with Gasteiger partial charge in [-0.15, -0.1) is 23.4 Å². The highest BCUT2D eigenvalue weighted by Crippen LogP contribution is 2.06. The Hall–Kier alpha value is 0.640. The third-order valence-corrected chi connectivity index (χ3v) is 2.16. The second-order valence-corrected chi connectivity index (χ2v) is 3.41. The summed E-state index contributed by atoms with van der Waals surface area (Å²) in [6.45, 7) is 2.21. The molecule has 0 aliphatic rings. The molecule has 50 valence electrons. The summed E-state index contributed by atoms with van der Waals surface area (Å²) in [4.78, 5) is 0. The van der Waals surface area contributed by atoms with Crippen molar-refractivity contribution in [3.63, 3.8) is 0 Å². The first-order valence-electron chi connectivity index (χ1n) is 3.05. The molecule has 0 aromatic carbocycles. The lowest BCUT2D eigenvalue weighted by molar-refractivity contribution is 0.779. The molecular formula is C6H13ClS. The smallest absolute Gasteiger partial charge is 0.0680 e. The van der Waals surface area contributed by atoms with Crippen LogP contribution in [0.2, 0.25) is 0 Å². The molecule has 0 saturated heterocycles. The van der Waals surface area contributed by atoms with Crippen LogP contribution in [0.1, 0.15) is 26.2 Å². The van der Waals surface area contributed by atoms with E-state index in [-0.39, 0.29) is 0 Å². The largest absolute Gasteiger partial charge is 0.146 e. The molecule has 0 nitrogen and oxygen atoms in total. The second kappa shape index (κ2) is 7.64. The van der Waals surface area contributed by atoms with E-state index in [2.05, 4.69) is 6.92 Å². The van der Waals surface area contributed by atoms with E-state index in [4.69, 9.17) is 11.6 Å². The average molecular weight is 153 g/mol. The first-order chi connectivity index (χ1) is 3.91. The number of alkyl halides is 1. The van der Waals surface area contributed by atoms with Gasteiger partial charge in [-0.2, -0.15) is 0 Å². The highest BCUT2D eigenvalue weighted by molar-refractivity contribution is 8.00. The first-order valence-corrected chi connectivity index (χ1v) is 4.74. The summed E-state index contributed by atoms with van der Waals surface area (Å²) in [7, 11) is 0. The van der Waals surface area contributed by atoms with Gasteiger partial charge in [-0.25, -0.2) is 0 Å². The molecular weight excluding hydrogens is 140 g/mol. The van der Waals surface area contributed by atoms with E-state index in [0.717, 1.165) is 5.21 Å². The van der Waals surface area contributed by atoms with Crippen molar-refractivity contribution in [3.8, 4) is 0 Å². The van der Waals surface area contributed by atoms with Crippen LogP contribution in [0, 0.1) is 0 Å². The Kier molecular flexibility index (Phi) is 8.25. The summed E-state index contributed by atoms with van der Waals surface area (Å²) < 4.78 is 0. The first kappa shape index (κ1) is 8.64. The summed E-state index contributed by atoms with van der Waals surface area (Å²) in [6, 6.07) is 0. The van der Waals surface area contributed by atoms with E-state index in [0.29, 0.717) is 0 Å². The topological polar surface area (TPSA) is 0 Å². The van der Waals surface area contributed by atoms with E-state index < -0.39 is 0 Å². The molecule has 2 heteroatoms. The Bertz CT molecular complexity index is 33.5. The van der Waals surface area contributed by atoms with Gasteiger partial charge in [-0.1, -0.05) is 19.8 Å². The molecule has 0 atom stereocenters. The minimum absolute atomic E-state index is 0.754. The maximum Gasteiger partial charge on any atom is 0.0680 e. The van der Waals surface area contributed by atoms with Crippen LogP contribution < -0.4 is 0 Å². The van der Waals surface area contributed by atoms with Crippen molar-refractivity contribution in [2.45, 2.75) is 26.2 Å². The highest BCUT2D eigenvalue weighted by Gasteiger charge is 1.84. The van der Waals surface area contributed by atoms with Crippen molar-refractivity contribution in [3.05, 3.63) is 0 Å². The van der Waals surface area contributed by atoms with E-state index in [1.165, 1.54) is 25.0 Å². The zero-order chi connectivity index (χ0) is 6.24. The van der Waals surface area contributed by atoms with Crippen LogP contribution in [0.3, 0.4) is 0 Å². The van der Waals surface area contributed by atoms with Gasteiger partial charge in [0.05, 0.1) is 5.21 Å². The normalized spacial score (nSPS) is 9.75. The summed E-state index contributed by atoms with van der Waals surface area (Å²) in [5, 5.41) is 0.754. The molecule has 0 heterocycles. The van der Waals surface area contributed by atoms with Crippen LogP contribution >= 0.6 is 23.4 Å². The van der Waals surface area contributed by atoms with Gasteiger partial charge in [0.2, 0.25) is 0 Å². The molecule has 0 spiro atoms. The quantitative estimate of drug-likeness (QED) is 0.431. The van der Waals surface area contributed by atoms with Crippen molar-refractivity contribution in [1.29, 1.82) is 0 Å². The van der Waals surface area contributed by atoms with Crippen LogP contribution in [0.4, 0.5) is 0 Å². The van der Waals surface area contributed by atoms with Gasteiger partial charge >= 0.3 is 0 Å². The Morgan fingerprint density at radius 2 is 2.12 bits per heavy atom. The molecule has 0 radical (unpaired) electrons. The van der Waals surface area contributed by atoms with Gasteiger partial charge in [-0.3, -0.25) is 0 Å². The lowest BCUT2D eigenvalue weighted by Gasteiger charge is -1.93. The fraction of sp³-hybridized carbons (Fsp3) is 1.00. The van der Waals surface area contributed by atoms with Crippen molar-refractivity contribution in [1.82, 2.24) is 0 Å². The fourth-order valence-electron chi connectivity index (χ4n) is 0.509. The average Bonchev–Trinajstić information content (AvgIpc) is 1.81. The van der Waals surface area contributed by atoms with Crippen LogP contribution in [0.25, 0.3) is 0 Å². The summed E-state index contributed by atoms with van der Waals surface area (Å²) in [5.74, 6) is 1.23. The molecule has 0 N–H and O–H groups in total. The Morgan fingerprint density at radius 3 is 2.62 bits per heavy atom. The van der Waals surface area contributed by atoms with Crippen LogP contribution in [-0.2, 0) is 0 Å². The number of hydrogen-bond acceptors (Lipinski definition) is 1. The number of rotatable bonds is 5. The standard InChI is InChI=1S/C6H13ClS/c1-2-3-4-5-8-6-7/h2-6H2,1H3. The fourth-order valence-corrected chi connectivity index (χ4v) is 1.35. The highest BCUT2D eigenvalue weighted by atomic mass is 35.5. The molecule has 0 aliphatic heterocycles. The third kappa shape index (κ3) is 6.64. The van der Waals surface area contributed by atoms with Crippen LogP contribution in [-0.4, -0.2) is 11.0 Å². The van der Waals surface area contributed by atoms with Crippen molar-refractivity contribution in [2.24, 2.45) is 0 Å². The van der Waals surface area contributed by atoms with E-state index >= 15 is 0 Å². The van der Waals surface area contributed by atoms with Gasteiger partial charge in [-0.05, 0) is 12.2 Å². The zero-order valence-electron chi connectivity index (χ0n) is 5.32. The SMILES string of the molecule is CCCCCSCCl. The molecule has 0 unspecified atom stereocenters. The minimum atomic E-state index is 0.754. The lowest BCUT2D eigenvalue weighted by atomic mass is 10.3.